The number of Topliss-reactive ketones (excluding diaryl/α,β-unsaturated/α-hetero) is 1. The number of benzene rings is 3. The summed E-state index contributed by atoms with van der Waals surface area (Å²) >= 11 is 11.8. The molecule has 0 bridgehead atoms. The third-order valence-electron chi connectivity index (χ3n) is 4.31. The normalized spacial score (nSPS) is 10.3. The highest BCUT2D eigenvalue weighted by Crippen LogP contribution is 2.23. The molecular weight excluding hydrogens is 441 g/mol. The van der Waals surface area contributed by atoms with Gasteiger partial charge in [0.25, 0.3) is 5.91 Å². The molecule has 0 saturated heterocycles. The Labute approximate surface area is 188 Å². The fourth-order valence-corrected chi connectivity index (χ4v) is 2.90. The number of ether oxygens (including phenoxy) is 2. The quantitative estimate of drug-likeness (QED) is 0.384. The van der Waals surface area contributed by atoms with E-state index in [1.807, 2.05) is 0 Å². The SMILES string of the molecule is COc1ccc(C(=O)COC(=O)c2ccc(NC(=O)c3ccc(Cl)c(Cl)c3)cc2)cc1. The fraction of sp³-hybridized carbons (Fsp3) is 0.0870. The van der Waals surface area contributed by atoms with Crippen molar-refractivity contribution in [3.8, 4) is 5.75 Å². The molecule has 8 heteroatoms. The van der Waals surface area contributed by atoms with Crippen LogP contribution >= 0.6 is 23.2 Å². The molecule has 0 heterocycles. The van der Waals surface area contributed by atoms with E-state index < -0.39 is 5.97 Å². The van der Waals surface area contributed by atoms with Crippen LogP contribution in [0.3, 0.4) is 0 Å². The topological polar surface area (TPSA) is 81.7 Å². The Balaban J connectivity index is 1.56. The lowest BCUT2D eigenvalue weighted by molar-refractivity contribution is 0.0474. The van der Waals surface area contributed by atoms with Gasteiger partial charge in [-0.05, 0) is 66.7 Å². The van der Waals surface area contributed by atoms with Crippen LogP contribution in [0.25, 0.3) is 0 Å². The first-order valence-electron chi connectivity index (χ1n) is 9.08. The number of halogens is 2. The molecule has 3 aromatic rings. The molecular formula is C23H17Cl2NO5. The van der Waals surface area contributed by atoms with Crippen LogP contribution in [0.5, 0.6) is 5.75 Å². The summed E-state index contributed by atoms with van der Waals surface area (Å²) in [6.07, 6.45) is 0. The van der Waals surface area contributed by atoms with Gasteiger partial charge >= 0.3 is 5.97 Å². The third-order valence-corrected chi connectivity index (χ3v) is 5.05. The molecule has 0 aliphatic heterocycles. The largest absolute Gasteiger partial charge is 0.497 e. The van der Waals surface area contributed by atoms with Crippen LogP contribution in [0.2, 0.25) is 10.0 Å². The van der Waals surface area contributed by atoms with E-state index >= 15 is 0 Å². The molecule has 0 saturated carbocycles. The first-order chi connectivity index (χ1) is 14.9. The molecule has 0 fully saturated rings. The second-order valence-electron chi connectivity index (χ2n) is 6.39. The van der Waals surface area contributed by atoms with Crippen LogP contribution in [0.1, 0.15) is 31.1 Å². The van der Waals surface area contributed by atoms with Gasteiger partial charge in [-0.15, -0.1) is 0 Å². The van der Waals surface area contributed by atoms with Gasteiger partial charge < -0.3 is 14.8 Å². The number of carbonyl (C=O) groups is 3. The first kappa shape index (κ1) is 22.3. The molecule has 0 aliphatic rings. The number of methoxy groups -OCH3 is 1. The number of hydrogen-bond donors (Lipinski definition) is 1. The molecule has 1 N–H and O–H groups in total. The summed E-state index contributed by atoms with van der Waals surface area (Å²) in [6, 6.07) is 17.1. The van der Waals surface area contributed by atoms with Gasteiger partial charge in [-0.2, -0.15) is 0 Å². The predicted molar refractivity (Wildman–Crippen MR) is 118 cm³/mol. The van der Waals surface area contributed by atoms with E-state index in [9.17, 15) is 14.4 Å². The smallest absolute Gasteiger partial charge is 0.338 e. The number of rotatable bonds is 7. The number of hydrogen-bond acceptors (Lipinski definition) is 5. The number of ketones is 1. The van der Waals surface area contributed by atoms with Crippen molar-refractivity contribution in [2.75, 3.05) is 19.0 Å². The van der Waals surface area contributed by atoms with Crippen molar-refractivity contribution in [2.24, 2.45) is 0 Å². The van der Waals surface area contributed by atoms with Crippen molar-refractivity contribution < 1.29 is 23.9 Å². The summed E-state index contributed by atoms with van der Waals surface area (Å²) < 4.78 is 10.1. The number of amides is 1. The van der Waals surface area contributed by atoms with E-state index in [-0.39, 0.29) is 28.9 Å². The fourth-order valence-electron chi connectivity index (χ4n) is 2.60. The van der Waals surface area contributed by atoms with Gasteiger partial charge in [0.05, 0.1) is 22.7 Å². The maximum atomic E-state index is 12.3. The second kappa shape index (κ2) is 10.1. The summed E-state index contributed by atoms with van der Waals surface area (Å²) in [5, 5.41) is 3.32. The van der Waals surface area contributed by atoms with Crippen molar-refractivity contribution in [3.63, 3.8) is 0 Å². The Hall–Kier alpha value is -3.35. The lowest BCUT2D eigenvalue weighted by Gasteiger charge is -2.08. The molecule has 0 aliphatic carbocycles. The van der Waals surface area contributed by atoms with E-state index in [0.29, 0.717) is 27.6 Å². The van der Waals surface area contributed by atoms with Gasteiger partial charge in [0.1, 0.15) is 5.75 Å². The summed E-state index contributed by atoms with van der Waals surface area (Å²) in [6.45, 7) is -0.388. The van der Waals surface area contributed by atoms with Gasteiger partial charge in [-0.25, -0.2) is 4.79 Å². The highest BCUT2D eigenvalue weighted by Gasteiger charge is 2.13. The Morgan fingerprint density at radius 2 is 1.42 bits per heavy atom. The monoisotopic (exact) mass is 457 g/mol. The number of carbonyl (C=O) groups excluding carboxylic acids is 3. The molecule has 3 rings (SSSR count). The molecule has 0 aromatic heterocycles. The highest BCUT2D eigenvalue weighted by atomic mass is 35.5. The zero-order chi connectivity index (χ0) is 22.4. The van der Waals surface area contributed by atoms with E-state index in [0.717, 1.165) is 0 Å². The number of anilines is 1. The van der Waals surface area contributed by atoms with Crippen LogP contribution in [-0.2, 0) is 4.74 Å². The molecule has 3 aromatic carbocycles. The van der Waals surface area contributed by atoms with Gasteiger partial charge in [0.15, 0.2) is 12.4 Å². The van der Waals surface area contributed by atoms with E-state index in [1.165, 1.54) is 31.4 Å². The lowest BCUT2D eigenvalue weighted by Crippen LogP contribution is -2.15. The molecule has 31 heavy (non-hydrogen) atoms. The van der Waals surface area contributed by atoms with E-state index in [2.05, 4.69) is 5.32 Å². The summed E-state index contributed by atoms with van der Waals surface area (Å²) in [4.78, 5) is 36.6. The minimum atomic E-state index is -0.649. The minimum Gasteiger partial charge on any atom is -0.497 e. The van der Waals surface area contributed by atoms with Crippen molar-refractivity contribution in [2.45, 2.75) is 0 Å². The lowest BCUT2D eigenvalue weighted by atomic mass is 10.1. The summed E-state index contributed by atoms with van der Waals surface area (Å²) in [7, 11) is 1.53. The molecule has 0 unspecified atom stereocenters. The van der Waals surface area contributed by atoms with Crippen LogP contribution in [0, 0.1) is 0 Å². The van der Waals surface area contributed by atoms with Crippen molar-refractivity contribution in [1.82, 2.24) is 0 Å². The average Bonchev–Trinajstić information content (AvgIpc) is 2.79. The van der Waals surface area contributed by atoms with Gasteiger partial charge in [0, 0.05) is 16.8 Å². The molecule has 0 atom stereocenters. The molecule has 158 valence electrons. The zero-order valence-corrected chi connectivity index (χ0v) is 17.9. The molecule has 6 nitrogen and oxygen atoms in total. The second-order valence-corrected chi connectivity index (χ2v) is 7.20. The Morgan fingerprint density at radius 1 is 0.806 bits per heavy atom. The summed E-state index contributed by atoms with van der Waals surface area (Å²) in [5.41, 5.74) is 1.47. The highest BCUT2D eigenvalue weighted by molar-refractivity contribution is 6.42. The van der Waals surface area contributed by atoms with Gasteiger partial charge in [0.2, 0.25) is 0 Å². The number of esters is 1. The first-order valence-corrected chi connectivity index (χ1v) is 9.84. The van der Waals surface area contributed by atoms with Crippen molar-refractivity contribution in [3.05, 3.63) is 93.5 Å². The Morgan fingerprint density at radius 3 is 2.03 bits per heavy atom. The van der Waals surface area contributed by atoms with Crippen LogP contribution in [0.4, 0.5) is 5.69 Å². The van der Waals surface area contributed by atoms with Crippen LogP contribution in [0.15, 0.2) is 66.7 Å². The van der Waals surface area contributed by atoms with E-state index in [4.69, 9.17) is 32.7 Å². The maximum absolute atomic E-state index is 12.3. The molecule has 0 radical (unpaired) electrons. The Kier molecular flexibility index (Phi) is 7.28. The standard InChI is InChI=1S/C23H17Cl2NO5/c1-30-18-9-4-14(5-10-18)21(27)13-31-23(29)15-2-7-17(8-3-15)26-22(28)16-6-11-19(24)20(25)12-16/h2-12H,13H2,1H3,(H,26,28). The van der Waals surface area contributed by atoms with E-state index in [1.54, 1.807) is 42.5 Å². The van der Waals surface area contributed by atoms with Crippen molar-refractivity contribution in [1.29, 1.82) is 0 Å². The summed E-state index contributed by atoms with van der Waals surface area (Å²) in [5.74, 6) is -0.732. The molecule has 1 amide bonds. The van der Waals surface area contributed by atoms with Crippen LogP contribution in [-0.4, -0.2) is 31.4 Å². The van der Waals surface area contributed by atoms with Crippen LogP contribution < -0.4 is 10.1 Å². The third kappa shape index (κ3) is 5.84. The predicted octanol–water partition coefficient (Wildman–Crippen LogP) is 5.29. The van der Waals surface area contributed by atoms with Gasteiger partial charge in [-0.3, -0.25) is 9.59 Å². The average molecular weight is 458 g/mol. The Bertz CT molecular complexity index is 1110. The minimum absolute atomic E-state index is 0.245. The zero-order valence-electron chi connectivity index (χ0n) is 16.4. The number of nitrogens with one attached hydrogen (secondary N) is 1. The van der Waals surface area contributed by atoms with Gasteiger partial charge in [-0.1, -0.05) is 23.2 Å². The molecule has 0 spiro atoms. The maximum Gasteiger partial charge on any atom is 0.338 e. The van der Waals surface area contributed by atoms with Crippen molar-refractivity contribution >= 4 is 46.5 Å².